The third kappa shape index (κ3) is 1.64. The highest BCUT2D eigenvalue weighted by Gasteiger charge is 2.26. The molecule has 1 rings (SSSR count). The first-order chi connectivity index (χ1) is 4.74. The van der Waals surface area contributed by atoms with Crippen molar-refractivity contribution >= 4 is 11.6 Å². The second-order valence-electron chi connectivity index (χ2n) is 3.17. The summed E-state index contributed by atoms with van der Waals surface area (Å²) in [5.41, 5.74) is 0. The lowest BCUT2D eigenvalue weighted by molar-refractivity contribution is 0.342. The molecule has 0 N–H and O–H groups in total. The molecule has 0 aromatic carbocycles. The van der Waals surface area contributed by atoms with Crippen molar-refractivity contribution in [2.75, 3.05) is 0 Å². The van der Waals surface area contributed by atoms with Crippen LogP contribution in [0.15, 0.2) is 0 Å². The summed E-state index contributed by atoms with van der Waals surface area (Å²) in [5, 5.41) is 8.72. The molecule has 0 aliphatic heterocycles. The van der Waals surface area contributed by atoms with E-state index in [1.807, 2.05) is 0 Å². The highest BCUT2D eigenvalue weighted by molar-refractivity contribution is 6.21. The minimum absolute atomic E-state index is 0.105. The monoisotopic (exact) mass is 157 g/mol. The van der Waals surface area contributed by atoms with Crippen LogP contribution in [-0.4, -0.2) is 5.38 Å². The average molecular weight is 158 g/mol. The molecule has 0 aromatic heterocycles. The molecule has 0 heterocycles. The molecular formula is C8H12ClN. The SMILES string of the molecule is CC1CCC(C#N)C(Cl)C1. The van der Waals surface area contributed by atoms with E-state index in [0.717, 1.165) is 12.8 Å². The quantitative estimate of drug-likeness (QED) is 0.496. The summed E-state index contributed by atoms with van der Waals surface area (Å²) in [6, 6.07) is 2.24. The van der Waals surface area contributed by atoms with Gasteiger partial charge in [0.2, 0.25) is 0 Å². The predicted octanol–water partition coefficient (Wildman–Crippen LogP) is 2.55. The Balaban J connectivity index is 2.45. The average Bonchev–Trinajstić information content (AvgIpc) is 1.88. The molecule has 1 nitrogen and oxygen atoms in total. The molecule has 0 aromatic rings. The Bertz CT molecular complexity index is 150. The number of hydrogen-bond acceptors (Lipinski definition) is 1. The number of alkyl halides is 1. The standard InChI is InChI=1S/C8H12ClN/c1-6-2-3-7(5-10)8(9)4-6/h6-8H,2-4H2,1H3. The number of nitrogens with zero attached hydrogens (tertiary/aromatic N) is 1. The van der Waals surface area contributed by atoms with Gasteiger partial charge in [-0.25, -0.2) is 0 Å². The lowest BCUT2D eigenvalue weighted by atomic mass is 9.83. The van der Waals surface area contributed by atoms with Gasteiger partial charge in [0.25, 0.3) is 0 Å². The van der Waals surface area contributed by atoms with Gasteiger partial charge in [-0.3, -0.25) is 0 Å². The summed E-state index contributed by atoms with van der Waals surface area (Å²) in [4.78, 5) is 0. The van der Waals surface area contributed by atoms with Crippen molar-refractivity contribution < 1.29 is 0 Å². The molecular weight excluding hydrogens is 146 g/mol. The van der Waals surface area contributed by atoms with Gasteiger partial charge < -0.3 is 0 Å². The molecule has 3 unspecified atom stereocenters. The summed E-state index contributed by atoms with van der Waals surface area (Å²) in [5.74, 6) is 0.824. The van der Waals surface area contributed by atoms with Crippen molar-refractivity contribution in [3.63, 3.8) is 0 Å². The van der Waals surface area contributed by atoms with Gasteiger partial charge in [0.05, 0.1) is 12.0 Å². The first kappa shape index (κ1) is 7.88. The Labute approximate surface area is 67.0 Å². The van der Waals surface area contributed by atoms with Crippen molar-refractivity contribution in [3.8, 4) is 6.07 Å². The van der Waals surface area contributed by atoms with E-state index in [4.69, 9.17) is 16.9 Å². The molecule has 0 spiro atoms. The number of hydrogen-bond donors (Lipinski definition) is 0. The van der Waals surface area contributed by atoms with Gasteiger partial charge in [-0.05, 0) is 25.2 Å². The van der Waals surface area contributed by atoms with Gasteiger partial charge in [0.1, 0.15) is 0 Å². The molecule has 3 atom stereocenters. The molecule has 0 bridgehead atoms. The van der Waals surface area contributed by atoms with E-state index in [9.17, 15) is 0 Å². The van der Waals surface area contributed by atoms with Crippen molar-refractivity contribution in [2.45, 2.75) is 31.6 Å². The minimum atomic E-state index is 0.105. The van der Waals surface area contributed by atoms with E-state index in [1.54, 1.807) is 0 Å². The van der Waals surface area contributed by atoms with Crippen LogP contribution in [0.1, 0.15) is 26.2 Å². The third-order valence-corrected chi connectivity index (χ3v) is 2.68. The first-order valence-corrected chi connectivity index (χ1v) is 4.21. The van der Waals surface area contributed by atoms with Crippen molar-refractivity contribution in [2.24, 2.45) is 11.8 Å². The fourth-order valence-corrected chi connectivity index (χ4v) is 1.94. The Kier molecular flexibility index (Phi) is 2.56. The lowest BCUT2D eigenvalue weighted by Crippen LogP contribution is -2.22. The zero-order valence-electron chi connectivity index (χ0n) is 6.18. The highest BCUT2D eigenvalue weighted by Crippen LogP contribution is 2.31. The van der Waals surface area contributed by atoms with E-state index in [0.29, 0.717) is 5.92 Å². The lowest BCUT2D eigenvalue weighted by Gasteiger charge is -2.25. The largest absolute Gasteiger partial charge is 0.198 e. The van der Waals surface area contributed by atoms with Crippen LogP contribution in [0.4, 0.5) is 0 Å². The summed E-state index contributed by atoms with van der Waals surface area (Å²) in [7, 11) is 0. The topological polar surface area (TPSA) is 23.8 Å². The maximum atomic E-state index is 8.61. The number of halogens is 1. The van der Waals surface area contributed by atoms with Crippen LogP contribution >= 0.6 is 11.6 Å². The van der Waals surface area contributed by atoms with Crippen LogP contribution in [0.25, 0.3) is 0 Å². The van der Waals surface area contributed by atoms with E-state index in [1.165, 1.54) is 6.42 Å². The Morgan fingerprint density at radius 3 is 2.70 bits per heavy atom. The fourth-order valence-electron chi connectivity index (χ4n) is 1.46. The molecule has 0 saturated heterocycles. The van der Waals surface area contributed by atoms with E-state index in [-0.39, 0.29) is 11.3 Å². The number of rotatable bonds is 0. The van der Waals surface area contributed by atoms with Crippen LogP contribution in [0, 0.1) is 23.2 Å². The van der Waals surface area contributed by atoms with Gasteiger partial charge in [-0.15, -0.1) is 11.6 Å². The predicted molar refractivity (Wildman–Crippen MR) is 41.8 cm³/mol. The Hall–Kier alpha value is -0.220. The second kappa shape index (κ2) is 3.25. The summed E-state index contributed by atoms with van der Waals surface area (Å²) < 4.78 is 0. The summed E-state index contributed by atoms with van der Waals surface area (Å²) in [6.45, 7) is 2.20. The molecule has 1 saturated carbocycles. The van der Waals surface area contributed by atoms with Crippen molar-refractivity contribution in [3.05, 3.63) is 0 Å². The normalized spacial score (nSPS) is 40.7. The minimum Gasteiger partial charge on any atom is -0.198 e. The van der Waals surface area contributed by atoms with Gasteiger partial charge in [-0.2, -0.15) is 5.26 Å². The van der Waals surface area contributed by atoms with Crippen LogP contribution in [0.2, 0.25) is 0 Å². The zero-order valence-corrected chi connectivity index (χ0v) is 6.93. The summed E-state index contributed by atoms with van der Waals surface area (Å²) >= 11 is 5.96. The maximum absolute atomic E-state index is 8.61. The zero-order chi connectivity index (χ0) is 7.56. The third-order valence-electron chi connectivity index (χ3n) is 2.20. The molecule has 2 heteroatoms. The molecule has 10 heavy (non-hydrogen) atoms. The van der Waals surface area contributed by atoms with E-state index in [2.05, 4.69) is 13.0 Å². The van der Waals surface area contributed by atoms with Gasteiger partial charge in [0, 0.05) is 5.38 Å². The molecule has 1 fully saturated rings. The van der Waals surface area contributed by atoms with Gasteiger partial charge in [0.15, 0.2) is 0 Å². The van der Waals surface area contributed by atoms with E-state index >= 15 is 0 Å². The highest BCUT2D eigenvalue weighted by atomic mass is 35.5. The Morgan fingerprint density at radius 1 is 1.50 bits per heavy atom. The molecule has 1 aliphatic carbocycles. The smallest absolute Gasteiger partial charge is 0.0671 e. The van der Waals surface area contributed by atoms with Crippen LogP contribution in [-0.2, 0) is 0 Å². The van der Waals surface area contributed by atoms with Crippen molar-refractivity contribution in [1.29, 1.82) is 5.26 Å². The van der Waals surface area contributed by atoms with Crippen LogP contribution in [0.3, 0.4) is 0 Å². The van der Waals surface area contributed by atoms with Crippen molar-refractivity contribution in [1.82, 2.24) is 0 Å². The van der Waals surface area contributed by atoms with E-state index < -0.39 is 0 Å². The maximum Gasteiger partial charge on any atom is 0.0671 e. The first-order valence-electron chi connectivity index (χ1n) is 3.77. The summed E-state index contributed by atoms with van der Waals surface area (Å²) in [6.07, 6.45) is 3.17. The second-order valence-corrected chi connectivity index (χ2v) is 3.73. The number of nitriles is 1. The molecule has 0 amide bonds. The van der Waals surface area contributed by atoms with Crippen LogP contribution in [0.5, 0.6) is 0 Å². The Morgan fingerprint density at radius 2 is 2.20 bits per heavy atom. The van der Waals surface area contributed by atoms with Gasteiger partial charge in [-0.1, -0.05) is 6.92 Å². The fraction of sp³-hybridized carbons (Fsp3) is 0.875. The molecule has 56 valence electrons. The molecule has 1 aliphatic rings. The molecule has 0 radical (unpaired) electrons. The van der Waals surface area contributed by atoms with Gasteiger partial charge >= 0.3 is 0 Å². The van der Waals surface area contributed by atoms with Crippen LogP contribution < -0.4 is 0 Å².